The van der Waals surface area contributed by atoms with Gasteiger partial charge in [0.25, 0.3) is 0 Å². The zero-order chi connectivity index (χ0) is 11.4. The Balaban J connectivity index is 2.31. The molecule has 16 heavy (non-hydrogen) atoms. The van der Waals surface area contributed by atoms with Gasteiger partial charge in [-0.2, -0.15) is 5.10 Å². The third-order valence-electron chi connectivity index (χ3n) is 2.07. The first-order valence-electron chi connectivity index (χ1n) is 4.57. The van der Waals surface area contributed by atoms with Gasteiger partial charge >= 0.3 is 0 Å². The minimum Gasteiger partial charge on any atom is -0.497 e. The minimum absolute atomic E-state index is 0.485. The summed E-state index contributed by atoms with van der Waals surface area (Å²) in [6.45, 7) is 0. The van der Waals surface area contributed by atoms with E-state index in [9.17, 15) is 0 Å². The topological polar surface area (TPSA) is 75.8 Å². The van der Waals surface area contributed by atoms with Crippen molar-refractivity contribution in [2.24, 2.45) is 5.11 Å². The van der Waals surface area contributed by atoms with Gasteiger partial charge in [0.1, 0.15) is 5.75 Å². The van der Waals surface area contributed by atoms with Crippen LogP contribution in [0.15, 0.2) is 41.8 Å². The first-order valence-corrected chi connectivity index (χ1v) is 4.57. The number of nitrogens with zero attached hydrogens (tertiary/aromatic N) is 5. The maximum atomic E-state index is 8.27. The van der Waals surface area contributed by atoms with E-state index in [0.29, 0.717) is 5.69 Å². The molecular formula is C10H9N5O. The Kier molecular flexibility index (Phi) is 2.75. The predicted molar refractivity (Wildman–Crippen MR) is 58.9 cm³/mol. The average molecular weight is 215 g/mol. The van der Waals surface area contributed by atoms with Gasteiger partial charge in [0.15, 0.2) is 0 Å². The van der Waals surface area contributed by atoms with E-state index < -0.39 is 0 Å². The lowest BCUT2D eigenvalue weighted by Gasteiger charge is -2.02. The highest BCUT2D eigenvalue weighted by Gasteiger charge is 1.99. The monoisotopic (exact) mass is 215 g/mol. The molecule has 1 aromatic carbocycles. The van der Waals surface area contributed by atoms with Crippen molar-refractivity contribution >= 4 is 5.69 Å². The summed E-state index contributed by atoms with van der Waals surface area (Å²) in [4.78, 5) is 2.69. The van der Waals surface area contributed by atoms with E-state index in [1.165, 1.54) is 6.20 Å². The van der Waals surface area contributed by atoms with Gasteiger partial charge in [0, 0.05) is 11.1 Å². The quantitative estimate of drug-likeness (QED) is 0.448. The minimum atomic E-state index is 0.485. The maximum absolute atomic E-state index is 8.27. The number of aromatic nitrogens is 2. The molecule has 1 heterocycles. The Morgan fingerprint density at radius 3 is 2.75 bits per heavy atom. The lowest BCUT2D eigenvalue weighted by atomic mass is 10.3. The predicted octanol–water partition coefficient (Wildman–Crippen LogP) is 2.82. The van der Waals surface area contributed by atoms with E-state index in [4.69, 9.17) is 10.3 Å². The van der Waals surface area contributed by atoms with Crippen LogP contribution in [-0.2, 0) is 0 Å². The Labute approximate surface area is 91.7 Å². The van der Waals surface area contributed by atoms with Crippen LogP contribution >= 0.6 is 0 Å². The van der Waals surface area contributed by atoms with Gasteiger partial charge in [0.05, 0.1) is 24.7 Å². The second kappa shape index (κ2) is 4.37. The Bertz CT molecular complexity index is 524. The lowest BCUT2D eigenvalue weighted by molar-refractivity contribution is 0.414. The molecule has 0 spiro atoms. The zero-order valence-electron chi connectivity index (χ0n) is 8.61. The molecule has 0 atom stereocenters. The van der Waals surface area contributed by atoms with Crippen LogP contribution in [0.2, 0.25) is 0 Å². The van der Waals surface area contributed by atoms with Crippen molar-refractivity contribution in [2.75, 3.05) is 7.11 Å². The van der Waals surface area contributed by atoms with Crippen LogP contribution in [0.1, 0.15) is 0 Å². The maximum Gasteiger partial charge on any atom is 0.119 e. The van der Waals surface area contributed by atoms with E-state index in [1.807, 2.05) is 24.3 Å². The van der Waals surface area contributed by atoms with Gasteiger partial charge in [-0.1, -0.05) is 5.11 Å². The van der Waals surface area contributed by atoms with E-state index in [0.717, 1.165) is 11.4 Å². The largest absolute Gasteiger partial charge is 0.497 e. The third-order valence-corrected chi connectivity index (χ3v) is 2.07. The molecule has 80 valence electrons. The molecule has 0 aliphatic rings. The molecule has 0 bridgehead atoms. The molecule has 6 heteroatoms. The van der Waals surface area contributed by atoms with Gasteiger partial charge in [-0.3, -0.25) is 0 Å². The smallest absolute Gasteiger partial charge is 0.119 e. The van der Waals surface area contributed by atoms with E-state index in [-0.39, 0.29) is 0 Å². The van der Waals surface area contributed by atoms with Crippen LogP contribution in [0.4, 0.5) is 5.69 Å². The number of hydrogen-bond donors (Lipinski definition) is 0. The van der Waals surface area contributed by atoms with Crippen LogP contribution in [0.5, 0.6) is 5.75 Å². The van der Waals surface area contributed by atoms with Crippen molar-refractivity contribution in [3.63, 3.8) is 0 Å². The van der Waals surface area contributed by atoms with Gasteiger partial charge in [-0.15, -0.1) is 0 Å². The summed E-state index contributed by atoms with van der Waals surface area (Å²) >= 11 is 0. The molecule has 0 aliphatic heterocycles. The van der Waals surface area contributed by atoms with E-state index in [2.05, 4.69) is 15.1 Å². The van der Waals surface area contributed by atoms with Crippen LogP contribution in [0.25, 0.3) is 16.1 Å². The summed E-state index contributed by atoms with van der Waals surface area (Å²) in [5.74, 6) is 0.783. The highest BCUT2D eigenvalue weighted by atomic mass is 16.5. The van der Waals surface area contributed by atoms with Crippen molar-refractivity contribution in [2.45, 2.75) is 0 Å². The summed E-state index contributed by atoms with van der Waals surface area (Å²) in [5, 5.41) is 7.53. The van der Waals surface area contributed by atoms with Crippen LogP contribution < -0.4 is 4.74 Å². The summed E-state index contributed by atoms with van der Waals surface area (Å²) in [7, 11) is 1.61. The fraction of sp³-hybridized carbons (Fsp3) is 0.100. The molecule has 2 rings (SSSR count). The SMILES string of the molecule is COc1ccc(-n2cc(N=[N+]=[N-])cn2)cc1. The van der Waals surface area contributed by atoms with Crippen molar-refractivity contribution in [1.29, 1.82) is 0 Å². The van der Waals surface area contributed by atoms with Crippen LogP contribution in [0.3, 0.4) is 0 Å². The molecule has 0 radical (unpaired) electrons. The molecule has 0 saturated heterocycles. The fourth-order valence-corrected chi connectivity index (χ4v) is 1.29. The standard InChI is InChI=1S/C10H9N5O/c1-16-10-4-2-9(3-5-10)15-7-8(6-12-15)13-14-11/h2-7H,1H3. The molecule has 0 N–H and O–H groups in total. The van der Waals surface area contributed by atoms with Crippen molar-refractivity contribution in [1.82, 2.24) is 9.78 Å². The van der Waals surface area contributed by atoms with E-state index >= 15 is 0 Å². The van der Waals surface area contributed by atoms with Crippen molar-refractivity contribution < 1.29 is 4.74 Å². The van der Waals surface area contributed by atoms with Crippen molar-refractivity contribution in [3.8, 4) is 11.4 Å². The van der Waals surface area contributed by atoms with Gasteiger partial charge < -0.3 is 4.74 Å². The summed E-state index contributed by atoms with van der Waals surface area (Å²) in [6, 6.07) is 7.41. The number of methoxy groups -OCH3 is 1. The molecule has 0 unspecified atom stereocenters. The normalized spacial score (nSPS) is 9.56. The average Bonchev–Trinajstić information content (AvgIpc) is 2.78. The number of rotatable bonds is 3. The highest BCUT2D eigenvalue weighted by Crippen LogP contribution is 2.17. The summed E-state index contributed by atoms with van der Waals surface area (Å²) < 4.78 is 6.68. The Morgan fingerprint density at radius 1 is 1.38 bits per heavy atom. The molecule has 0 aliphatic carbocycles. The Morgan fingerprint density at radius 2 is 2.12 bits per heavy atom. The molecule has 2 aromatic rings. The molecule has 0 saturated carbocycles. The zero-order valence-corrected chi connectivity index (χ0v) is 8.61. The van der Waals surface area contributed by atoms with Crippen LogP contribution in [-0.4, -0.2) is 16.9 Å². The first kappa shape index (κ1) is 10.1. The first-order chi connectivity index (χ1) is 7.83. The molecule has 1 aromatic heterocycles. The number of ether oxygens (including phenoxy) is 1. The van der Waals surface area contributed by atoms with Gasteiger partial charge in [-0.25, -0.2) is 4.68 Å². The molecule has 0 fully saturated rings. The third kappa shape index (κ3) is 1.97. The lowest BCUT2D eigenvalue weighted by Crippen LogP contribution is -1.93. The summed E-state index contributed by atoms with van der Waals surface area (Å²) in [5.41, 5.74) is 9.63. The number of hydrogen-bond acceptors (Lipinski definition) is 3. The van der Waals surface area contributed by atoms with Crippen molar-refractivity contribution in [3.05, 3.63) is 47.1 Å². The Hall–Kier alpha value is -2.46. The molecule has 6 nitrogen and oxygen atoms in total. The highest BCUT2D eigenvalue weighted by molar-refractivity contribution is 5.40. The van der Waals surface area contributed by atoms with Gasteiger partial charge in [0.2, 0.25) is 0 Å². The molecular weight excluding hydrogens is 206 g/mol. The fourth-order valence-electron chi connectivity index (χ4n) is 1.29. The van der Waals surface area contributed by atoms with E-state index in [1.54, 1.807) is 18.0 Å². The second-order valence-electron chi connectivity index (χ2n) is 3.03. The molecule has 0 amide bonds. The summed E-state index contributed by atoms with van der Waals surface area (Å²) in [6.07, 6.45) is 3.16. The number of benzene rings is 1. The second-order valence-corrected chi connectivity index (χ2v) is 3.03. The number of azide groups is 1. The van der Waals surface area contributed by atoms with Crippen LogP contribution in [0, 0.1) is 0 Å². The van der Waals surface area contributed by atoms with Gasteiger partial charge in [-0.05, 0) is 29.8 Å².